The summed E-state index contributed by atoms with van der Waals surface area (Å²) in [4.78, 5) is 19.6. The van der Waals surface area contributed by atoms with Gasteiger partial charge in [0.15, 0.2) is 0 Å². The Morgan fingerprint density at radius 1 is 0.946 bits per heavy atom. The van der Waals surface area contributed by atoms with Crippen molar-refractivity contribution in [3.8, 4) is 16.9 Å². The molecule has 1 amide bonds. The topological polar surface area (TPSA) is 51.7 Å². The molecule has 0 unspecified atom stereocenters. The normalized spacial score (nSPS) is 17.8. The van der Waals surface area contributed by atoms with Crippen LogP contribution in [0, 0.1) is 6.92 Å². The van der Waals surface area contributed by atoms with Crippen LogP contribution in [0.2, 0.25) is 0 Å². The van der Waals surface area contributed by atoms with Crippen LogP contribution in [0.5, 0.6) is 5.75 Å². The van der Waals surface area contributed by atoms with Gasteiger partial charge in [0.25, 0.3) is 0 Å². The van der Waals surface area contributed by atoms with Crippen molar-refractivity contribution < 1.29 is 18.4 Å². The van der Waals surface area contributed by atoms with Crippen molar-refractivity contribution in [2.24, 2.45) is 0 Å². The molecule has 37 heavy (non-hydrogen) atoms. The standard InChI is InChI=1S/C32H28N2O3/c1-21-23(12-7-13-30(21)36-2)31-24(22-14-17-33-18-15-22)16-19-34(31)32(35)37-20-29-27-10-5-3-8-25(27)26-9-4-6-11-28(26)29/h3-18,29,31H,19-20H2,1-2H3/t31-/m1/s1/i2D3. The largest absolute Gasteiger partial charge is 0.496 e. The lowest BCUT2D eigenvalue weighted by Gasteiger charge is -2.29. The summed E-state index contributed by atoms with van der Waals surface area (Å²) >= 11 is 0. The number of methoxy groups -OCH3 is 1. The molecule has 1 aliphatic carbocycles. The molecule has 0 fully saturated rings. The Labute approximate surface area is 221 Å². The van der Waals surface area contributed by atoms with Crippen molar-refractivity contribution >= 4 is 11.7 Å². The van der Waals surface area contributed by atoms with E-state index in [9.17, 15) is 4.79 Å². The molecule has 2 aliphatic rings. The second-order valence-electron chi connectivity index (χ2n) is 9.33. The highest BCUT2D eigenvalue weighted by molar-refractivity contribution is 5.82. The van der Waals surface area contributed by atoms with Gasteiger partial charge < -0.3 is 9.47 Å². The monoisotopic (exact) mass is 491 g/mol. The predicted molar refractivity (Wildman–Crippen MR) is 144 cm³/mol. The fraction of sp³-hybridized carbons (Fsp3) is 0.188. The number of aromatic nitrogens is 1. The Hall–Kier alpha value is -4.38. The molecule has 1 aliphatic heterocycles. The van der Waals surface area contributed by atoms with E-state index in [1.54, 1.807) is 29.4 Å². The first-order chi connectivity index (χ1) is 19.3. The maximum absolute atomic E-state index is 13.7. The Kier molecular flexibility index (Phi) is 5.12. The molecule has 6 rings (SSSR count). The van der Waals surface area contributed by atoms with Gasteiger partial charge in [-0.25, -0.2) is 4.79 Å². The minimum absolute atomic E-state index is 0.0530. The highest BCUT2D eigenvalue weighted by Gasteiger charge is 2.36. The summed E-state index contributed by atoms with van der Waals surface area (Å²) < 4.78 is 34.0. The van der Waals surface area contributed by atoms with Crippen molar-refractivity contribution in [3.63, 3.8) is 0 Å². The van der Waals surface area contributed by atoms with Gasteiger partial charge in [0, 0.05) is 24.9 Å². The van der Waals surface area contributed by atoms with Crippen molar-refractivity contribution in [2.75, 3.05) is 20.2 Å². The quantitative estimate of drug-likeness (QED) is 0.308. The van der Waals surface area contributed by atoms with Gasteiger partial charge in [-0.3, -0.25) is 9.88 Å². The molecule has 0 radical (unpaired) electrons. The Bertz CT molecular complexity index is 1560. The number of benzene rings is 3. The van der Waals surface area contributed by atoms with E-state index in [4.69, 9.17) is 13.6 Å². The average molecular weight is 492 g/mol. The lowest BCUT2D eigenvalue weighted by atomic mass is 9.91. The zero-order valence-electron chi connectivity index (χ0n) is 23.4. The van der Waals surface area contributed by atoms with E-state index in [1.165, 1.54) is 11.1 Å². The summed E-state index contributed by atoms with van der Waals surface area (Å²) in [5.41, 5.74) is 7.91. The number of nitrogens with zero attached hydrogens (tertiary/aromatic N) is 2. The molecule has 0 bridgehead atoms. The second-order valence-corrected chi connectivity index (χ2v) is 9.33. The highest BCUT2D eigenvalue weighted by atomic mass is 16.6. The van der Waals surface area contributed by atoms with Crippen LogP contribution >= 0.6 is 0 Å². The summed E-state index contributed by atoms with van der Waals surface area (Å²) in [6.07, 6.45) is 5.00. The fourth-order valence-corrected chi connectivity index (χ4v) is 5.63. The molecular weight excluding hydrogens is 460 g/mol. The van der Waals surface area contributed by atoms with Gasteiger partial charge in [0.1, 0.15) is 12.4 Å². The first-order valence-electron chi connectivity index (χ1n) is 13.8. The fourth-order valence-electron chi connectivity index (χ4n) is 5.63. The SMILES string of the molecule is [2H]C([2H])([2H])Oc1cccc([C@@H]2C(c3ccncc3)=CCN2C(=O)OCC2c3ccccc3-c3ccccc32)c1C. The van der Waals surface area contributed by atoms with Gasteiger partial charge in [-0.2, -0.15) is 0 Å². The minimum Gasteiger partial charge on any atom is -0.496 e. The van der Waals surface area contributed by atoms with Crippen LogP contribution in [0.4, 0.5) is 4.79 Å². The smallest absolute Gasteiger partial charge is 0.410 e. The number of hydrogen-bond donors (Lipinski definition) is 0. The number of fused-ring (bicyclic) bond motifs is 3. The van der Waals surface area contributed by atoms with Crippen molar-refractivity contribution in [1.82, 2.24) is 9.88 Å². The maximum atomic E-state index is 13.7. The van der Waals surface area contributed by atoms with Crippen molar-refractivity contribution in [2.45, 2.75) is 18.9 Å². The molecule has 2 heterocycles. The van der Waals surface area contributed by atoms with Gasteiger partial charge in [0.2, 0.25) is 0 Å². The van der Waals surface area contributed by atoms with Crippen molar-refractivity contribution in [1.29, 1.82) is 0 Å². The lowest BCUT2D eigenvalue weighted by Crippen LogP contribution is -2.33. The molecule has 5 heteroatoms. The number of hydrogen-bond acceptors (Lipinski definition) is 4. The molecule has 0 saturated carbocycles. The Morgan fingerprint density at radius 2 is 1.62 bits per heavy atom. The molecule has 4 aromatic rings. The predicted octanol–water partition coefficient (Wildman–Crippen LogP) is 6.79. The van der Waals surface area contributed by atoms with E-state index in [0.717, 1.165) is 27.8 Å². The molecule has 184 valence electrons. The number of amides is 1. The number of pyridine rings is 1. The number of carbonyl (C=O) groups excluding carboxylic acids is 1. The average Bonchev–Trinajstić information content (AvgIpc) is 3.53. The molecule has 0 saturated heterocycles. The molecule has 3 aromatic carbocycles. The molecule has 5 nitrogen and oxygen atoms in total. The Morgan fingerprint density at radius 3 is 2.32 bits per heavy atom. The molecule has 0 spiro atoms. The van der Waals surface area contributed by atoms with Crippen LogP contribution < -0.4 is 4.74 Å². The summed E-state index contributed by atoms with van der Waals surface area (Å²) in [7, 11) is -2.59. The number of ether oxygens (including phenoxy) is 2. The summed E-state index contributed by atoms with van der Waals surface area (Å²) in [6, 6.07) is 25.1. The summed E-state index contributed by atoms with van der Waals surface area (Å²) in [6.45, 7) is 2.37. The van der Waals surface area contributed by atoms with E-state index >= 15 is 0 Å². The van der Waals surface area contributed by atoms with Crippen LogP contribution in [0.3, 0.4) is 0 Å². The van der Waals surface area contributed by atoms with Crippen LogP contribution in [-0.4, -0.2) is 36.2 Å². The molecule has 1 atom stereocenters. The van der Waals surface area contributed by atoms with Crippen LogP contribution in [0.1, 0.15) is 43.9 Å². The third-order valence-corrected chi connectivity index (χ3v) is 7.43. The van der Waals surface area contributed by atoms with Gasteiger partial charge >= 0.3 is 6.09 Å². The molecule has 1 aromatic heterocycles. The first kappa shape index (κ1) is 19.8. The highest BCUT2D eigenvalue weighted by Crippen LogP contribution is 2.46. The van der Waals surface area contributed by atoms with E-state index in [1.807, 2.05) is 55.5 Å². The second kappa shape index (κ2) is 9.58. The summed E-state index contributed by atoms with van der Waals surface area (Å²) in [5.74, 6) is 0.203. The number of rotatable bonds is 5. The van der Waals surface area contributed by atoms with Crippen LogP contribution in [0.15, 0.2) is 97.3 Å². The molecule has 0 N–H and O–H groups in total. The molecular formula is C32H28N2O3. The van der Waals surface area contributed by atoms with Gasteiger partial charge in [-0.05, 0) is 69.6 Å². The number of carbonyl (C=O) groups is 1. The third kappa shape index (κ3) is 3.97. The third-order valence-electron chi connectivity index (χ3n) is 7.43. The van der Waals surface area contributed by atoms with Gasteiger partial charge in [-0.1, -0.05) is 66.7 Å². The zero-order valence-corrected chi connectivity index (χ0v) is 20.4. The maximum Gasteiger partial charge on any atom is 0.410 e. The van der Waals surface area contributed by atoms with E-state index < -0.39 is 19.2 Å². The zero-order chi connectivity index (χ0) is 27.9. The van der Waals surface area contributed by atoms with Crippen molar-refractivity contribution in [3.05, 3.63) is 125 Å². The summed E-state index contributed by atoms with van der Waals surface area (Å²) in [5, 5.41) is 0. The van der Waals surface area contributed by atoms with Crippen LogP contribution in [-0.2, 0) is 4.74 Å². The van der Waals surface area contributed by atoms with E-state index in [0.29, 0.717) is 12.1 Å². The first-order valence-corrected chi connectivity index (χ1v) is 12.3. The van der Waals surface area contributed by atoms with E-state index in [2.05, 4.69) is 29.2 Å². The van der Waals surface area contributed by atoms with Gasteiger partial charge in [-0.15, -0.1) is 0 Å². The minimum atomic E-state index is -2.59. The van der Waals surface area contributed by atoms with E-state index in [-0.39, 0.29) is 18.3 Å². The van der Waals surface area contributed by atoms with Crippen LogP contribution in [0.25, 0.3) is 16.7 Å². The van der Waals surface area contributed by atoms with Gasteiger partial charge in [0.05, 0.1) is 17.2 Å². The Balaban J connectivity index is 1.31. The lowest BCUT2D eigenvalue weighted by molar-refractivity contribution is 0.0991.